The van der Waals surface area contributed by atoms with Crippen LogP contribution in [-0.2, 0) is 7.05 Å². The number of carbonyl (C=O) groups is 1. The van der Waals surface area contributed by atoms with E-state index in [4.69, 9.17) is 0 Å². The van der Waals surface area contributed by atoms with Crippen LogP contribution in [0.15, 0.2) is 58.2 Å². The number of Topliss-reactive ketones (excluding diaryl/α,β-unsaturated/α-hetero) is 1. The zero-order valence-electron chi connectivity index (χ0n) is 12.7. The Morgan fingerprint density at radius 3 is 2.67 bits per heavy atom. The van der Waals surface area contributed by atoms with Crippen LogP contribution in [0.4, 0.5) is 4.39 Å². The van der Waals surface area contributed by atoms with Crippen LogP contribution in [0.3, 0.4) is 0 Å². The quantitative estimate of drug-likeness (QED) is 0.467. The first-order valence-corrected chi connectivity index (χ1v) is 8.89. The van der Waals surface area contributed by atoms with Crippen molar-refractivity contribution in [1.29, 1.82) is 0 Å². The van der Waals surface area contributed by atoms with Crippen molar-refractivity contribution in [3.63, 3.8) is 0 Å². The van der Waals surface area contributed by atoms with Gasteiger partial charge in [0.25, 0.3) is 0 Å². The number of thioether (sulfide) groups is 1. The largest absolute Gasteiger partial charge is 0.305 e. The molecule has 0 N–H and O–H groups in total. The van der Waals surface area contributed by atoms with Gasteiger partial charge in [0.1, 0.15) is 5.82 Å². The van der Waals surface area contributed by atoms with Crippen LogP contribution in [-0.4, -0.2) is 26.3 Å². The van der Waals surface area contributed by atoms with Gasteiger partial charge in [0, 0.05) is 22.6 Å². The lowest BCUT2D eigenvalue weighted by molar-refractivity contribution is 0.102. The van der Waals surface area contributed by atoms with Gasteiger partial charge >= 0.3 is 0 Å². The van der Waals surface area contributed by atoms with E-state index in [1.807, 2.05) is 19.2 Å². The summed E-state index contributed by atoms with van der Waals surface area (Å²) in [6.07, 6.45) is 0. The number of halogens is 2. The second-order valence-electron chi connectivity index (χ2n) is 5.09. The van der Waals surface area contributed by atoms with Crippen LogP contribution in [0, 0.1) is 5.82 Å². The summed E-state index contributed by atoms with van der Waals surface area (Å²) in [4.78, 5) is 12.3. The Kier molecular flexibility index (Phi) is 5.11. The summed E-state index contributed by atoms with van der Waals surface area (Å²) in [5.74, 6) is 0.626. The van der Waals surface area contributed by atoms with Crippen LogP contribution < -0.4 is 0 Å². The molecule has 0 spiro atoms. The second-order valence-corrected chi connectivity index (χ2v) is 6.95. The molecule has 0 bridgehead atoms. The van der Waals surface area contributed by atoms with Crippen molar-refractivity contribution in [3.8, 4) is 11.4 Å². The molecular formula is C17H13BrFN3OS. The SMILES string of the molecule is Cn1c(SCC(=O)c2cccc(Br)c2)nnc1-c1ccc(F)cc1. The molecular weight excluding hydrogens is 393 g/mol. The van der Waals surface area contributed by atoms with E-state index in [0.29, 0.717) is 16.5 Å². The minimum atomic E-state index is -0.296. The minimum Gasteiger partial charge on any atom is -0.305 e. The molecule has 122 valence electrons. The van der Waals surface area contributed by atoms with Crippen molar-refractivity contribution in [3.05, 3.63) is 64.4 Å². The first-order chi connectivity index (χ1) is 11.5. The van der Waals surface area contributed by atoms with E-state index >= 15 is 0 Å². The van der Waals surface area contributed by atoms with Crippen LogP contribution in [0.25, 0.3) is 11.4 Å². The predicted octanol–water partition coefficient (Wildman–Crippen LogP) is 4.36. The summed E-state index contributed by atoms with van der Waals surface area (Å²) in [5, 5.41) is 8.89. The maximum absolute atomic E-state index is 13.0. The molecule has 0 saturated carbocycles. The number of hydrogen-bond acceptors (Lipinski definition) is 4. The molecule has 0 aliphatic heterocycles. The molecule has 1 aromatic heterocycles. The summed E-state index contributed by atoms with van der Waals surface area (Å²) < 4.78 is 15.7. The van der Waals surface area contributed by atoms with Crippen LogP contribution in [0.1, 0.15) is 10.4 Å². The molecule has 2 aromatic carbocycles. The van der Waals surface area contributed by atoms with Gasteiger partial charge in [0.2, 0.25) is 0 Å². The Hall–Kier alpha value is -1.99. The van der Waals surface area contributed by atoms with Crippen LogP contribution >= 0.6 is 27.7 Å². The highest BCUT2D eigenvalue weighted by molar-refractivity contribution is 9.10. The van der Waals surface area contributed by atoms with Crippen molar-refractivity contribution >= 4 is 33.5 Å². The summed E-state index contributed by atoms with van der Waals surface area (Å²) in [6, 6.07) is 13.4. The molecule has 3 rings (SSSR count). The lowest BCUT2D eigenvalue weighted by atomic mass is 10.2. The molecule has 3 aromatic rings. The van der Waals surface area contributed by atoms with Gasteiger partial charge in [-0.05, 0) is 36.4 Å². The topological polar surface area (TPSA) is 47.8 Å². The Labute approximate surface area is 151 Å². The van der Waals surface area contributed by atoms with E-state index in [1.165, 1.54) is 23.9 Å². The number of hydrogen-bond donors (Lipinski definition) is 0. The molecule has 4 nitrogen and oxygen atoms in total. The van der Waals surface area contributed by atoms with Crippen LogP contribution in [0.5, 0.6) is 0 Å². The van der Waals surface area contributed by atoms with Crippen LogP contribution in [0.2, 0.25) is 0 Å². The Morgan fingerprint density at radius 1 is 1.21 bits per heavy atom. The number of aromatic nitrogens is 3. The average molecular weight is 406 g/mol. The van der Waals surface area contributed by atoms with E-state index in [9.17, 15) is 9.18 Å². The maximum Gasteiger partial charge on any atom is 0.191 e. The Morgan fingerprint density at radius 2 is 1.96 bits per heavy atom. The number of nitrogens with zero attached hydrogens (tertiary/aromatic N) is 3. The van der Waals surface area contributed by atoms with Crippen molar-refractivity contribution in [2.75, 3.05) is 5.75 Å². The van der Waals surface area contributed by atoms with Crippen molar-refractivity contribution in [2.24, 2.45) is 7.05 Å². The smallest absolute Gasteiger partial charge is 0.191 e. The van der Waals surface area contributed by atoms with Gasteiger partial charge in [-0.2, -0.15) is 0 Å². The summed E-state index contributed by atoms with van der Waals surface area (Å²) >= 11 is 4.69. The number of rotatable bonds is 5. The highest BCUT2D eigenvalue weighted by atomic mass is 79.9. The summed E-state index contributed by atoms with van der Waals surface area (Å²) in [5.41, 5.74) is 1.43. The molecule has 0 amide bonds. The highest BCUT2D eigenvalue weighted by Crippen LogP contribution is 2.23. The molecule has 0 saturated heterocycles. The van der Waals surface area contributed by atoms with E-state index < -0.39 is 0 Å². The number of benzene rings is 2. The van der Waals surface area contributed by atoms with Crippen molar-refractivity contribution in [2.45, 2.75) is 5.16 Å². The average Bonchev–Trinajstić information content (AvgIpc) is 2.94. The fraction of sp³-hybridized carbons (Fsp3) is 0.118. The lowest BCUT2D eigenvalue weighted by Crippen LogP contribution is -2.04. The molecule has 24 heavy (non-hydrogen) atoms. The predicted molar refractivity (Wildman–Crippen MR) is 95.6 cm³/mol. The Balaban J connectivity index is 1.72. The molecule has 1 heterocycles. The molecule has 0 aliphatic carbocycles. The first-order valence-electron chi connectivity index (χ1n) is 7.11. The normalized spacial score (nSPS) is 10.8. The molecule has 0 atom stereocenters. The third-order valence-electron chi connectivity index (χ3n) is 3.42. The van der Waals surface area contributed by atoms with Gasteiger partial charge in [-0.25, -0.2) is 4.39 Å². The zero-order chi connectivity index (χ0) is 17.1. The van der Waals surface area contributed by atoms with Gasteiger partial charge in [-0.3, -0.25) is 4.79 Å². The molecule has 0 unspecified atom stereocenters. The Bertz CT molecular complexity index is 880. The van der Waals surface area contributed by atoms with Crippen molar-refractivity contribution < 1.29 is 9.18 Å². The first kappa shape index (κ1) is 16.9. The van der Waals surface area contributed by atoms with Gasteiger partial charge in [-0.15, -0.1) is 10.2 Å². The molecule has 7 heteroatoms. The van der Waals surface area contributed by atoms with Gasteiger partial charge < -0.3 is 4.57 Å². The fourth-order valence-corrected chi connectivity index (χ4v) is 3.37. The number of ketones is 1. The van der Waals surface area contributed by atoms with Gasteiger partial charge in [-0.1, -0.05) is 39.8 Å². The van der Waals surface area contributed by atoms with Crippen molar-refractivity contribution in [1.82, 2.24) is 14.8 Å². The third-order valence-corrected chi connectivity index (χ3v) is 4.93. The third kappa shape index (κ3) is 3.73. The minimum absolute atomic E-state index is 0.0210. The van der Waals surface area contributed by atoms with E-state index in [2.05, 4.69) is 26.1 Å². The summed E-state index contributed by atoms with van der Waals surface area (Å²) in [7, 11) is 1.82. The fourth-order valence-electron chi connectivity index (χ4n) is 2.17. The van der Waals surface area contributed by atoms with E-state index in [1.54, 1.807) is 28.8 Å². The maximum atomic E-state index is 13.0. The molecule has 0 aliphatic rings. The number of carbonyl (C=O) groups excluding carboxylic acids is 1. The highest BCUT2D eigenvalue weighted by Gasteiger charge is 2.14. The monoisotopic (exact) mass is 405 g/mol. The van der Waals surface area contributed by atoms with Gasteiger partial charge in [0.15, 0.2) is 16.8 Å². The standard InChI is InChI=1S/C17H13BrFN3OS/c1-22-16(11-5-7-14(19)8-6-11)20-21-17(22)24-10-15(23)12-3-2-4-13(18)9-12/h2-9H,10H2,1H3. The summed E-state index contributed by atoms with van der Waals surface area (Å²) in [6.45, 7) is 0. The second kappa shape index (κ2) is 7.27. The van der Waals surface area contributed by atoms with E-state index in [0.717, 1.165) is 10.0 Å². The van der Waals surface area contributed by atoms with E-state index in [-0.39, 0.29) is 17.4 Å². The molecule has 0 radical (unpaired) electrons. The lowest BCUT2D eigenvalue weighted by Gasteiger charge is -2.04. The van der Waals surface area contributed by atoms with Gasteiger partial charge in [0.05, 0.1) is 5.75 Å². The molecule has 0 fully saturated rings. The zero-order valence-corrected chi connectivity index (χ0v) is 15.1.